The number of nitrogens with zero attached hydrogens (tertiary/aromatic N) is 1. The molecule has 0 aliphatic carbocycles. The first-order valence-electron chi connectivity index (χ1n) is 8.21. The largest absolute Gasteiger partial charge is 0.480 e. The van der Waals surface area contributed by atoms with Crippen molar-refractivity contribution in [3.8, 4) is 0 Å². The van der Waals surface area contributed by atoms with Gasteiger partial charge in [-0.3, -0.25) is 9.10 Å². The summed E-state index contributed by atoms with van der Waals surface area (Å²) in [6.45, 7) is 2.81. The molecule has 1 N–H and O–H groups in total. The van der Waals surface area contributed by atoms with Crippen LogP contribution in [0.3, 0.4) is 0 Å². The molecule has 0 bridgehead atoms. The van der Waals surface area contributed by atoms with Crippen LogP contribution < -0.4 is 4.31 Å². The number of rotatable bonds is 5. The van der Waals surface area contributed by atoms with Gasteiger partial charge >= 0.3 is 5.97 Å². The lowest BCUT2D eigenvalue weighted by Gasteiger charge is -2.25. The minimum atomic E-state index is -4.25. The van der Waals surface area contributed by atoms with Gasteiger partial charge in [-0.05, 0) is 43.2 Å². The van der Waals surface area contributed by atoms with Gasteiger partial charge in [0, 0.05) is 10.8 Å². The molecule has 3 aromatic rings. The Morgan fingerprint density at radius 2 is 1.67 bits per heavy atom. The van der Waals surface area contributed by atoms with Crippen molar-refractivity contribution in [3.63, 3.8) is 0 Å². The van der Waals surface area contributed by atoms with Crippen LogP contribution in [0.2, 0.25) is 0 Å². The van der Waals surface area contributed by atoms with Gasteiger partial charge in [0.15, 0.2) is 0 Å². The number of aliphatic carboxylic acids is 1. The Labute approximate surface area is 156 Å². The van der Waals surface area contributed by atoms with Crippen molar-refractivity contribution in [2.45, 2.75) is 18.7 Å². The highest BCUT2D eigenvalue weighted by molar-refractivity contribution is 7.93. The van der Waals surface area contributed by atoms with E-state index in [1.165, 1.54) is 18.2 Å². The molecular weight excluding hydrogens is 369 g/mol. The molecule has 0 heterocycles. The van der Waals surface area contributed by atoms with Crippen molar-refractivity contribution in [2.75, 3.05) is 10.8 Å². The van der Waals surface area contributed by atoms with Gasteiger partial charge in [-0.1, -0.05) is 36.4 Å². The Morgan fingerprint density at radius 1 is 1.00 bits per heavy atom. The standard InChI is InChI=1S/C20H18FNO4S/c1-13-6-5-9-18(14(13)2)22(12-20(23)24)27(25,26)19-11-10-17(21)15-7-3-4-8-16(15)19/h3-11H,12H2,1-2H3,(H,23,24). The number of carboxylic acid groups (broad SMARTS) is 1. The maximum Gasteiger partial charge on any atom is 0.324 e. The fourth-order valence-electron chi connectivity index (χ4n) is 3.01. The second-order valence-corrected chi connectivity index (χ2v) is 8.05. The summed E-state index contributed by atoms with van der Waals surface area (Å²) in [5.74, 6) is -1.83. The molecule has 140 valence electrons. The zero-order chi connectivity index (χ0) is 19.8. The highest BCUT2D eigenvalue weighted by atomic mass is 32.2. The van der Waals surface area contributed by atoms with E-state index in [4.69, 9.17) is 0 Å². The second kappa shape index (κ2) is 7.00. The molecule has 7 heteroatoms. The highest BCUT2D eigenvalue weighted by Crippen LogP contribution is 2.32. The first-order valence-corrected chi connectivity index (χ1v) is 9.65. The first kappa shape index (κ1) is 18.8. The molecule has 0 aliphatic heterocycles. The summed E-state index contributed by atoms with van der Waals surface area (Å²) in [7, 11) is -4.25. The van der Waals surface area contributed by atoms with Crippen molar-refractivity contribution in [2.24, 2.45) is 0 Å². The third-order valence-electron chi connectivity index (χ3n) is 4.52. The van der Waals surface area contributed by atoms with Crippen LogP contribution in [0.5, 0.6) is 0 Å². The van der Waals surface area contributed by atoms with Gasteiger partial charge in [-0.15, -0.1) is 0 Å². The molecule has 0 amide bonds. The van der Waals surface area contributed by atoms with Gasteiger partial charge in [-0.2, -0.15) is 0 Å². The van der Waals surface area contributed by atoms with Gasteiger partial charge < -0.3 is 5.11 Å². The topological polar surface area (TPSA) is 74.7 Å². The maximum absolute atomic E-state index is 14.1. The third-order valence-corrected chi connectivity index (χ3v) is 6.34. The summed E-state index contributed by atoms with van der Waals surface area (Å²) in [5.41, 5.74) is 1.78. The summed E-state index contributed by atoms with van der Waals surface area (Å²) >= 11 is 0. The Kier molecular flexibility index (Phi) is 4.89. The molecule has 5 nitrogen and oxygen atoms in total. The highest BCUT2D eigenvalue weighted by Gasteiger charge is 2.30. The van der Waals surface area contributed by atoms with E-state index in [0.29, 0.717) is 5.56 Å². The molecular formula is C20H18FNO4S. The molecule has 0 saturated heterocycles. The molecule has 3 aromatic carbocycles. The number of sulfonamides is 1. The Morgan fingerprint density at radius 3 is 2.33 bits per heavy atom. The summed E-state index contributed by atoms with van der Waals surface area (Å²) in [6, 6.07) is 13.5. The summed E-state index contributed by atoms with van der Waals surface area (Å²) in [6.07, 6.45) is 0. The van der Waals surface area contributed by atoms with Crippen LogP contribution in [-0.4, -0.2) is 26.0 Å². The third kappa shape index (κ3) is 3.38. The van der Waals surface area contributed by atoms with E-state index in [1.807, 2.05) is 13.0 Å². The minimum absolute atomic E-state index is 0.137. The molecule has 0 unspecified atom stereocenters. The average Bonchev–Trinajstić information content (AvgIpc) is 2.62. The Hall–Kier alpha value is -2.93. The van der Waals surface area contributed by atoms with Crippen LogP contribution in [0, 0.1) is 19.7 Å². The van der Waals surface area contributed by atoms with E-state index in [0.717, 1.165) is 15.9 Å². The number of fused-ring (bicyclic) bond motifs is 1. The second-order valence-electron chi connectivity index (χ2n) is 6.22. The van der Waals surface area contributed by atoms with Crippen molar-refractivity contribution in [3.05, 3.63) is 71.5 Å². The summed E-state index contributed by atoms with van der Waals surface area (Å²) in [4.78, 5) is 11.3. The van der Waals surface area contributed by atoms with E-state index < -0.39 is 28.4 Å². The zero-order valence-corrected chi connectivity index (χ0v) is 15.6. The van der Waals surface area contributed by atoms with E-state index in [2.05, 4.69) is 0 Å². The molecule has 3 rings (SSSR count). The lowest BCUT2D eigenvalue weighted by Crippen LogP contribution is -2.36. The predicted molar refractivity (Wildman–Crippen MR) is 102 cm³/mol. The van der Waals surface area contributed by atoms with Gasteiger partial charge in [0.25, 0.3) is 10.0 Å². The number of carbonyl (C=O) groups is 1. The minimum Gasteiger partial charge on any atom is -0.480 e. The lowest BCUT2D eigenvalue weighted by atomic mass is 10.1. The summed E-state index contributed by atoms with van der Waals surface area (Å²) in [5, 5.41) is 9.68. The number of hydrogen-bond donors (Lipinski definition) is 1. The Bertz CT molecular complexity index is 1140. The maximum atomic E-state index is 14.1. The molecule has 0 saturated carbocycles. The number of halogens is 1. The van der Waals surface area contributed by atoms with Crippen LogP contribution in [0.25, 0.3) is 10.8 Å². The number of hydrogen-bond acceptors (Lipinski definition) is 3. The molecule has 27 heavy (non-hydrogen) atoms. The van der Waals surface area contributed by atoms with Crippen LogP contribution in [0.4, 0.5) is 10.1 Å². The molecule has 0 aliphatic rings. The lowest BCUT2D eigenvalue weighted by molar-refractivity contribution is -0.135. The molecule has 0 radical (unpaired) electrons. The molecule has 0 fully saturated rings. The van der Waals surface area contributed by atoms with Gasteiger partial charge in [0.05, 0.1) is 10.6 Å². The smallest absolute Gasteiger partial charge is 0.324 e. The summed E-state index contributed by atoms with van der Waals surface area (Å²) < 4.78 is 41.8. The Balaban J connectivity index is 2.28. The first-order chi connectivity index (χ1) is 12.7. The van der Waals surface area contributed by atoms with Crippen LogP contribution >= 0.6 is 0 Å². The fraction of sp³-hybridized carbons (Fsp3) is 0.150. The van der Waals surface area contributed by atoms with Crippen LogP contribution in [-0.2, 0) is 14.8 Å². The van der Waals surface area contributed by atoms with E-state index >= 15 is 0 Å². The van der Waals surface area contributed by atoms with Crippen LogP contribution in [0.1, 0.15) is 11.1 Å². The van der Waals surface area contributed by atoms with E-state index in [9.17, 15) is 22.7 Å². The molecule has 0 aromatic heterocycles. The van der Waals surface area contributed by atoms with Crippen LogP contribution in [0.15, 0.2) is 59.5 Å². The van der Waals surface area contributed by atoms with Gasteiger partial charge in [0.2, 0.25) is 0 Å². The van der Waals surface area contributed by atoms with Crippen molar-refractivity contribution >= 4 is 32.5 Å². The van der Waals surface area contributed by atoms with Gasteiger partial charge in [0.1, 0.15) is 12.4 Å². The van der Waals surface area contributed by atoms with Gasteiger partial charge in [-0.25, -0.2) is 12.8 Å². The van der Waals surface area contributed by atoms with Crippen molar-refractivity contribution in [1.82, 2.24) is 0 Å². The van der Waals surface area contributed by atoms with Crippen molar-refractivity contribution < 1.29 is 22.7 Å². The number of aryl methyl sites for hydroxylation is 1. The molecule has 0 spiro atoms. The van der Waals surface area contributed by atoms with E-state index in [-0.39, 0.29) is 21.4 Å². The number of carboxylic acids is 1. The SMILES string of the molecule is Cc1cccc(N(CC(=O)O)S(=O)(=O)c2ccc(F)c3ccccc23)c1C. The average molecular weight is 387 g/mol. The zero-order valence-electron chi connectivity index (χ0n) is 14.8. The molecule has 0 atom stereocenters. The fourth-order valence-corrected chi connectivity index (χ4v) is 4.68. The quantitative estimate of drug-likeness (QED) is 0.721. The predicted octanol–water partition coefficient (Wildman–Crippen LogP) is 3.88. The van der Waals surface area contributed by atoms with Crippen molar-refractivity contribution in [1.29, 1.82) is 0 Å². The number of benzene rings is 3. The van der Waals surface area contributed by atoms with E-state index in [1.54, 1.807) is 31.2 Å². The monoisotopic (exact) mass is 387 g/mol. The normalized spacial score (nSPS) is 11.5. The number of anilines is 1.